The molecule has 0 heterocycles. The second-order valence-corrected chi connectivity index (χ2v) is 4.53. The second kappa shape index (κ2) is 6.41. The summed E-state index contributed by atoms with van der Waals surface area (Å²) in [6.07, 6.45) is 7.38. The summed E-state index contributed by atoms with van der Waals surface area (Å²) in [5.41, 5.74) is 0. The van der Waals surface area contributed by atoms with Crippen molar-refractivity contribution < 1.29 is 4.74 Å². The Morgan fingerprint density at radius 1 is 1.21 bits per heavy atom. The number of ether oxygens (including phenoxy) is 1. The van der Waals surface area contributed by atoms with E-state index in [1.165, 1.54) is 32.1 Å². The Labute approximate surface area is 88.4 Å². The molecular weight excluding hydrogens is 174 g/mol. The first-order valence-corrected chi connectivity index (χ1v) is 6.13. The highest BCUT2D eigenvalue weighted by atomic mass is 16.5. The van der Waals surface area contributed by atoms with E-state index >= 15 is 0 Å². The molecule has 2 nitrogen and oxygen atoms in total. The summed E-state index contributed by atoms with van der Waals surface area (Å²) in [7, 11) is 0. The third-order valence-corrected chi connectivity index (χ3v) is 2.87. The third kappa shape index (κ3) is 3.97. The predicted octanol–water partition coefficient (Wildman–Crippen LogP) is 2.72. The number of hydrogen-bond donors (Lipinski definition) is 1. The fourth-order valence-corrected chi connectivity index (χ4v) is 2.28. The molecule has 0 unspecified atom stereocenters. The van der Waals surface area contributed by atoms with Crippen LogP contribution in [0.1, 0.15) is 52.9 Å². The van der Waals surface area contributed by atoms with Crippen molar-refractivity contribution in [3.63, 3.8) is 0 Å². The van der Waals surface area contributed by atoms with Gasteiger partial charge in [0.05, 0.1) is 12.2 Å². The Balaban J connectivity index is 2.45. The molecule has 0 aromatic carbocycles. The molecule has 1 rings (SSSR count). The molecule has 1 saturated carbocycles. The van der Waals surface area contributed by atoms with Crippen molar-refractivity contribution >= 4 is 0 Å². The molecule has 0 aliphatic heterocycles. The van der Waals surface area contributed by atoms with Gasteiger partial charge in [-0.1, -0.05) is 26.2 Å². The van der Waals surface area contributed by atoms with Gasteiger partial charge in [0.15, 0.2) is 0 Å². The number of likely N-dealkylation sites (N-methyl/N-ethyl adjacent to an activating group) is 1. The van der Waals surface area contributed by atoms with Gasteiger partial charge in [0, 0.05) is 6.04 Å². The normalized spacial score (nSPS) is 29.1. The van der Waals surface area contributed by atoms with Crippen molar-refractivity contribution in [2.75, 3.05) is 6.54 Å². The predicted molar refractivity (Wildman–Crippen MR) is 60.6 cm³/mol. The zero-order chi connectivity index (χ0) is 10.4. The number of nitrogens with one attached hydrogen (secondary N) is 1. The van der Waals surface area contributed by atoms with Crippen molar-refractivity contribution in [2.45, 2.75) is 71.1 Å². The van der Waals surface area contributed by atoms with E-state index in [1.807, 2.05) is 0 Å². The van der Waals surface area contributed by atoms with E-state index in [0.29, 0.717) is 18.2 Å². The van der Waals surface area contributed by atoms with Crippen molar-refractivity contribution in [2.24, 2.45) is 0 Å². The van der Waals surface area contributed by atoms with Crippen molar-refractivity contribution in [3.8, 4) is 0 Å². The van der Waals surface area contributed by atoms with E-state index in [0.717, 1.165) is 6.54 Å². The Morgan fingerprint density at radius 3 is 2.57 bits per heavy atom. The first-order chi connectivity index (χ1) is 6.74. The molecule has 0 aromatic rings. The van der Waals surface area contributed by atoms with Crippen LogP contribution in [0.25, 0.3) is 0 Å². The Bertz CT molecular complexity index is 147. The smallest absolute Gasteiger partial charge is 0.0731 e. The largest absolute Gasteiger partial charge is 0.374 e. The van der Waals surface area contributed by atoms with Crippen LogP contribution in [0.2, 0.25) is 0 Å². The lowest BCUT2D eigenvalue weighted by atomic mass is 10.1. The molecule has 0 amide bonds. The molecule has 84 valence electrons. The van der Waals surface area contributed by atoms with Crippen molar-refractivity contribution in [3.05, 3.63) is 0 Å². The fourth-order valence-electron chi connectivity index (χ4n) is 2.28. The van der Waals surface area contributed by atoms with Crippen molar-refractivity contribution in [1.82, 2.24) is 5.32 Å². The van der Waals surface area contributed by atoms with E-state index in [-0.39, 0.29) is 0 Å². The summed E-state index contributed by atoms with van der Waals surface area (Å²) in [6.45, 7) is 7.50. The molecule has 2 heteroatoms. The fraction of sp³-hybridized carbons (Fsp3) is 1.00. The van der Waals surface area contributed by atoms with Gasteiger partial charge < -0.3 is 10.1 Å². The lowest BCUT2D eigenvalue weighted by molar-refractivity contribution is -0.0168. The van der Waals surface area contributed by atoms with E-state index in [9.17, 15) is 0 Å². The summed E-state index contributed by atoms with van der Waals surface area (Å²) in [4.78, 5) is 0. The van der Waals surface area contributed by atoms with Gasteiger partial charge in [0.1, 0.15) is 0 Å². The Kier molecular flexibility index (Phi) is 5.49. The molecule has 1 aliphatic carbocycles. The van der Waals surface area contributed by atoms with Crippen LogP contribution in [0.15, 0.2) is 0 Å². The molecule has 2 atom stereocenters. The highest BCUT2D eigenvalue weighted by Gasteiger charge is 2.24. The number of hydrogen-bond acceptors (Lipinski definition) is 2. The number of rotatable bonds is 4. The molecule has 1 N–H and O–H groups in total. The summed E-state index contributed by atoms with van der Waals surface area (Å²) < 4.78 is 5.97. The van der Waals surface area contributed by atoms with E-state index < -0.39 is 0 Å². The molecule has 0 radical (unpaired) electrons. The first kappa shape index (κ1) is 12.0. The van der Waals surface area contributed by atoms with Gasteiger partial charge in [-0.05, 0) is 33.2 Å². The summed E-state index contributed by atoms with van der Waals surface area (Å²) in [5, 5.41) is 3.55. The molecular formula is C12H25NO. The lowest BCUT2D eigenvalue weighted by Gasteiger charge is -2.27. The van der Waals surface area contributed by atoms with Crippen molar-refractivity contribution in [1.29, 1.82) is 0 Å². The van der Waals surface area contributed by atoms with Crippen LogP contribution < -0.4 is 5.32 Å². The van der Waals surface area contributed by atoms with Gasteiger partial charge in [-0.15, -0.1) is 0 Å². The van der Waals surface area contributed by atoms with Gasteiger partial charge in [-0.2, -0.15) is 0 Å². The Morgan fingerprint density at radius 2 is 1.93 bits per heavy atom. The quantitative estimate of drug-likeness (QED) is 0.703. The topological polar surface area (TPSA) is 21.3 Å². The van der Waals surface area contributed by atoms with E-state index in [2.05, 4.69) is 26.1 Å². The third-order valence-electron chi connectivity index (χ3n) is 2.87. The van der Waals surface area contributed by atoms with E-state index in [4.69, 9.17) is 4.74 Å². The van der Waals surface area contributed by atoms with Crippen LogP contribution >= 0.6 is 0 Å². The van der Waals surface area contributed by atoms with Gasteiger partial charge in [0.25, 0.3) is 0 Å². The van der Waals surface area contributed by atoms with Crippen LogP contribution in [-0.2, 0) is 4.74 Å². The standard InChI is InChI=1S/C12H25NO/c1-4-13-11-8-6-5-7-9-12(11)14-10(2)3/h10-13H,4-9H2,1-3H3/t11-,12-/m0/s1. The molecule has 14 heavy (non-hydrogen) atoms. The van der Waals surface area contributed by atoms with Crippen LogP contribution in [-0.4, -0.2) is 24.8 Å². The van der Waals surface area contributed by atoms with Crippen LogP contribution in [0.3, 0.4) is 0 Å². The highest BCUT2D eigenvalue weighted by Crippen LogP contribution is 2.21. The maximum absolute atomic E-state index is 5.97. The highest BCUT2D eigenvalue weighted by molar-refractivity contribution is 4.80. The molecule has 0 bridgehead atoms. The average molecular weight is 199 g/mol. The average Bonchev–Trinajstić information content (AvgIpc) is 2.32. The summed E-state index contributed by atoms with van der Waals surface area (Å²) in [6, 6.07) is 0.588. The van der Waals surface area contributed by atoms with Crippen LogP contribution in [0.5, 0.6) is 0 Å². The summed E-state index contributed by atoms with van der Waals surface area (Å²) >= 11 is 0. The second-order valence-electron chi connectivity index (χ2n) is 4.53. The van der Waals surface area contributed by atoms with Crippen LogP contribution in [0, 0.1) is 0 Å². The van der Waals surface area contributed by atoms with Crippen LogP contribution in [0.4, 0.5) is 0 Å². The molecule has 0 spiro atoms. The lowest BCUT2D eigenvalue weighted by Crippen LogP contribution is -2.41. The van der Waals surface area contributed by atoms with Gasteiger partial charge in [-0.25, -0.2) is 0 Å². The molecule has 0 aromatic heterocycles. The molecule has 0 saturated heterocycles. The zero-order valence-electron chi connectivity index (χ0n) is 9.88. The monoisotopic (exact) mass is 199 g/mol. The maximum atomic E-state index is 5.97. The maximum Gasteiger partial charge on any atom is 0.0731 e. The Hall–Kier alpha value is -0.0800. The minimum absolute atomic E-state index is 0.360. The van der Waals surface area contributed by atoms with Gasteiger partial charge >= 0.3 is 0 Å². The molecule has 1 aliphatic rings. The van der Waals surface area contributed by atoms with Gasteiger partial charge in [-0.3, -0.25) is 0 Å². The van der Waals surface area contributed by atoms with Gasteiger partial charge in [0.2, 0.25) is 0 Å². The minimum atomic E-state index is 0.360. The molecule has 1 fully saturated rings. The SMILES string of the molecule is CCN[C@H]1CCCCC[C@@H]1OC(C)C. The summed E-state index contributed by atoms with van der Waals surface area (Å²) in [5.74, 6) is 0. The van der Waals surface area contributed by atoms with E-state index in [1.54, 1.807) is 0 Å². The zero-order valence-corrected chi connectivity index (χ0v) is 9.88. The minimum Gasteiger partial charge on any atom is -0.374 e. The first-order valence-electron chi connectivity index (χ1n) is 6.13.